The van der Waals surface area contributed by atoms with Crippen LogP contribution in [0.15, 0.2) is 48.5 Å². The minimum Gasteiger partial charge on any atom is -0.495 e. The number of nitrogens with zero attached hydrogens (tertiary/aromatic N) is 2. The highest BCUT2D eigenvalue weighted by Gasteiger charge is 2.14. The van der Waals surface area contributed by atoms with E-state index in [2.05, 4.69) is 15.6 Å². The van der Waals surface area contributed by atoms with Gasteiger partial charge in [-0.05, 0) is 30.8 Å². The molecule has 0 aliphatic carbocycles. The first kappa shape index (κ1) is 21.7. The second-order valence-electron chi connectivity index (χ2n) is 6.73. The van der Waals surface area contributed by atoms with Crippen LogP contribution in [0.2, 0.25) is 0 Å². The predicted octanol–water partition coefficient (Wildman–Crippen LogP) is 2.92. The van der Waals surface area contributed by atoms with Gasteiger partial charge in [0.1, 0.15) is 5.75 Å². The van der Waals surface area contributed by atoms with Gasteiger partial charge in [-0.25, -0.2) is 4.98 Å². The molecule has 2 N–H and O–H groups in total. The number of anilines is 1. The monoisotopic (exact) mass is 426 g/mol. The number of fused-ring (bicyclic) bond motifs is 1. The molecule has 0 aliphatic heterocycles. The topological polar surface area (TPSA) is 83.6 Å². The number of rotatable bonds is 10. The molecular weight excluding hydrogens is 400 g/mol. The fraction of sp³-hybridized carbons (Fsp3) is 0.318. The summed E-state index contributed by atoms with van der Waals surface area (Å²) in [4.78, 5) is 31.0. The molecule has 2 amide bonds. The molecule has 1 heterocycles. The van der Waals surface area contributed by atoms with Gasteiger partial charge in [-0.1, -0.05) is 31.2 Å². The third-order valence-corrected chi connectivity index (χ3v) is 5.66. The molecule has 0 saturated heterocycles. The second-order valence-corrected chi connectivity index (χ2v) is 7.84. The zero-order valence-corrected chi connectivity index (χ0v) is 18.0. The summed E-state index contributed by atoms with van der Waals surface area (Å²) < 4.78 is 6.40. The molecule has 3 rings (SSSR count). The van der Waals surface area contributed by atoms with Gasteiger partial charge in [-0.3, -0.25) is 14.5 Å². The summed E-state index contributed by atoms with van der Waals surface area (Å²) >= 11 is 1.64. The molecule has 7 nitrogen and oxygen atoms in total. The van der Waals surface area contributed by atoms with Crippen molar-refractivity contribution in [2.24, 2.45) is 0 Å². The van der Waals surface area contributed by atoms with Crippen LogP contribution in [0.5, 0.6) is 5.75 Å². The van der Waals surface area contributed by atoms with Crippen LogP contribution in [0, 0.1) is 0 Å². The number of benzene rings is 2. The van der Waals surface area contributed by atoms with Crippen molar-refractivity contribution < 1.29 is 14.3 Å². The van der Waals surface area contributed by atoms with Crippen LogP contribution in [0.25, 0.3) is 10.2 Å². The molecule has 0 radical (unpaired) electrons. The Morgan fingerprint density at radius 2 is 1.80 bits per heavy atom. The number of amides is 2. The van der Waals surface area contributed by atoms with Crippen molar-refractivity contribution in [3.8, 4) is 5.75 Å². The fourth-order valence-electron chi connectivity index (χ4n) is 3.01. The Morgan fingerprint density at radius 3 is 2.57 bits per heavy atom. The van der Waals surface area contributed by atoms with Crippen LogP contribution < -0.4 is 15.4 Å². The summed E-state index contributed by atoms with van der Waals surface area (Å²) in [6, 6.07) is 15.2. The predicted molar refractivity (Wildman–Crippen MR) is 120 cm³/mol. The van der Waals surface area contributed by atoms with Gasteiger partial charge >= 0.3 is 0 Å². The van der Waals surface area contributed by atoms with Crippen LogP contribution in [0.1, 0.15) is 11.9 Å². The molecular formula is C22H26N4O3S. The summed E-state index contributed by atoms with van der Waals surface area (Å²) in [5.41, 5.74) is 1.60. The first-order valence-electron chi connectivity index (χ1n) is 9.85. The molecule has 30 heavy (non-hydrogen) atoms. The maximum Gasteiger partial charge on any atom is 0.238 e. The molecule has 0 atom stereocenters. The Kier molecular flexibility index (Phi) is 7.75. The molecule has 0 spiro atoms. The minimum atomic E-state index is -0.191. The Bertz CT molecular complexity index is 972. The van der Waals surface area contributed by atoms with Crippen molar-refractivity contribution in [2.75, 3.05) is 38.6 Å². The van der Waals surface area contributed by atoms with E-state index in [0.717, 1.165) is 15.2 Å². The van der Waals surface area contributed by atoms with E-state index in [-0.39, 0.29) is 24.9 Å². The van der Waals surface area contributed by atoms with Gasteiger partial charge in [-0.2, -0.15) is 0 Å². The smallest absolute Gasteiger partial charge is 0.238 e. The quantitative estimate of drug-likeness (QED) is 0.521. The molecule has 0 unspecified atom stereocenters. The lowest BCUT2D eigenvalue weighted by Gasteiger charge is -2.19. The molecule has 158 valence electrons. The summed E-state index contributed by atoms with van der Waals surface area (Å²) in [5.74, 6) is 0.299. The lowest BCUT2D eigenvalue weighted by molar-refractivity contribution is -0.123. The molecule has 1 aromatic heterocycles. The highest BCUT2D eigenvalue weighted by molar-refractivity contribution is 7.18. The number of hydrogen-bond donors (Lipinski definition) is 2. The van der Waals surface area contributed by atoms with Crippen molar-refractivity contribution in [1.29, 1.82) is 0 Å². The molecule has 0 fully saturated rings. The zero-order valence-electron chi connectivity index (χ0n) is 17.2. The van der Waals surface area contributed by atoms with E-state index in [1.54, 1.807) is 35.5 Å². The number of ether oxygens (including phenoxy) is 1. The summed E-state index contributed by atoms with van der Waals surface area (Å²) in [6.07, 6.45) is 0.686. The molecule has 2 aromatic carbocycles. The van der Waals surface area contributed by atoms with Gasteiger partial charge < -0.3 is 15.4 Å². The van der Waals surface area contributed by atoms with E-state index in [1.165, 1.54) is 0 Å². The number of carbonyl (C=O) groups excluding carboxylic acids is 2. The van der Waals surface area contributed by atoms with Gasteiger partial charge in [-0.15, -0.1) is 11.3 Å². The van der Waals surface area contributed by atoms with Crippen LogP contribution in [0.4, 0.5) is 5.69 Å². The van der Waals surface area contributed by atoms with Gasteiger partial charge in [0.2, 0.25) is 11.8 Å². The number of likely N-dealkylation sites (N-methyl/N-ethyl adjacent to an activating group) is 1. The lowest BCUT2D eigenvalue weighted by atomic mass is 10.3. The maximum atomic E-state index is 12.4. The van der Waals surface area contributed by atoms with E-state index in [1.807, 2.05) is 43.3 Å². The first-order valence-corrected chi connectivity index (χ1v) is 10.7. The van der Waals surface area contributed by atoms with Crippen LogP contribution >= 0.6 is 11.3 Å². The van der Waals surface area contributed by atoms with Crippen molar-refractivity contribution in [2.45, 2.75) is 13.3 Å². The highest BCUT2D eigenvalue weighted by atomic mass is 32.1. The van der Waals surface area contributed by atoms with Gasteiger partial charge in [0, 0.05) is 13.0 Å². The number of carbonyl (C=O) groups is 2. The molecule has 3 aromatic rings. The number of nitrogens with one attached hydrogen (secondary N) is 2. The molecule has 0 saturated carbocycles. The number of thiazole rings is 1. The van der Waals surface area contributed by atoms with Crippen LogP contribution in [-0.4, -0.2) is 55.0 Å². The first-order chi connectivity index (χ1) is 14.6. The third-order valence-electron chi connectivity index (χ3n) is 4.56. The Balaban J connectivity index is 1.44. The minimum absolute atomic E-state index is 0.108. The number of hydrogen-bond acceptors (Lipinski definition) is 6. The van der Waals surface area contributed by atoms with Crippen LogP contribution in [-0.2, 0) is 16.0 Å². The van der Waals surface area contributed by atoms with Crippen LogP contribution in [0.3, 0.4) is 0 Å². The Morgan fingerprint density at radius 1 is 1.07 bits per heavy atom. The van der Waals surface area contributed by atoms with Gasteiger partial charge in [0.05, 0.1) is 41.1 Å². The van der Waals surface area contributed by atoms with E-state index >= 15 is 0 Å². The largest absolute Gasteiger partial charge is 0.495 e. The summed E-state index contributed by atoms with van der Waals surface area (Å²) in [6.45, 7) is 3.31. The van der Waals surface area contributed by atoms with E-state index in [0.29, 0.717) is 30.9 Å². The van der Waals surface area contributed by atoms with E-state index in [4.69, 9.17) is 4.74 Å². The zero-order chi connectivity index (χ0) is 21.3. The second kappa shape index (κ2) is 10.7. The number of para-hydroxylation sites is 3. The fourth-order valence-corrected chi connectivity index (χ4v) is 3.98. The van der Waals surface area contributed by atoms with Crippen molar-refractivity contribution in [3.05, 3.63) is 53.5 Å². The Labute approximate surface area is 180 Å². The number of methoxy groups -OCH3 is 1. The Hall–Kier alpha value is -2.97. The van der Waals surface area contributed by atoms with E-state index < -0.39 is 0 Å². The summed E-state index contributed by atoms with van der Waals surface area (Å²) in [7, 11) is 1.56. The standard InChI is InChI=1S/C22H26N4O3S/c1-3-26(15-21(28)24-16-8-4-6-10-18(16)29-2)14-20(27)23-13-12-22-25-17-9-5-7-11-19(17)30-22/h4-11H,3,12-15H2,1-2H3,(H,23,27)(H,24,28). The average molecular weight is 427 g/mol. The lowest BCUT2D eigenvalue weighted by Crippen LogP contribution is -2.41. The SMILES string of the molecule is CCN(CC(=O)NCCc1nc2ccccc2s1)CC(=O)Nc1ccccc1OC. The normalized spacial score (nSPS) is 10.9. The van der Waals surface area contributed by atoms with Gasteiger partial charge in [0.25, 0.3) is 0 Å². The molecule has 0 bridgehead atoms. The molecule has 8 heteroatoms. The highest BCUT2D eigenvalue weighted by Crippen LogP contribution is 2.23. The van der Waals surface area contributed by atoms with Crippen molar-refractivity contribution >= 4 is 39.1 Å². The number of aromatic nitrogens is 1. The average Bonchev–Trinajstić information content (AvgIpc) is 3.16. The van der Waals surface area contributed by atoms with Gasteiger partial charge in [0.15, 0.2) is 0 Å². The third kappa shape index (κ3) is 6.01. The van der Waals surface area contributed by atoms with E-state index in [9.17, 15) is 9.59 Å². The molecule has 0 aliphatic rings. The van der Waals surface area contributed by atoms with Crippen molar-refractivity contribution in [3.63, 3.8) is 0 Å². The van der Waals surface area contributed by atoms with Crippen molar-refractivity contribution in [1.82, 2.24) is 15.2 Å². The summed E-state index contributed by atoms with van der Waals surface area (Å²) in [5, 5.41) is 6.75. The maximum absolute atomic E-state index is 12.4.